The second-order valence-electron chi connectivity index (χ2n) is 7.78. The van der Waals surface area contributed by atoms with E-state index < -0.39 is 35.7 Å². The maximum Gasteiger partial charge on any atom is 0.334 e. The van der Waals surface area contributed by atoms with Crippen LogP contribution in [0.5, 0.6) is 0 Å². The van der Waals surface area contributed by atoms with E-state index in [2.05, 4.69) is 10.6 Å². The van der Waals surface area contributed by atoms with Crippen LogP contribution in [0.15, 0.2) is 84.9 Å². The number of esters is 1. The molecule has 0 saturated carbocycles. The number of ether oxygens (including phenoxy) is 1. The standard InChI is InChI=1S/C26H25FN2O4/c1-17(2)23(25(31)28-21-15-13-20(27)14-16-21)33-26(32)22(18-9-5-3-6-10-18)29-24(30)19-11-7-4-8-12-19/h3-17,22-23H,1-2H3,(H,28,31)(H,29,30)/t22-,23-/m1/s1. The van der Waals surface area contributed by atoms with Gasteiger partial charge in [0.25, 0.3) is 11.8 Å². The molecule has 3 aromatic carbocycles. The Labute approximate surface area is 191 Å². The fourth-order valence-electron chi connectivity index (χ4n) is 3.16. The number of nitrogens with one attached hydrogen (secondary N) is 2. The van der Waals surface area contributed by atoms with Gasteiger partial charge in [0.15, 0.2) is 12.1 Å². The van der Waals surface area contributed by atoms with Crippen molar-refractivity contribution in [2.24, 2.45) is 5.92 Å². The van der Waals surface area contributed by atoms with Crippen LogP contribution in [-0.4, -0.2) is 23.9 Å². The molecule has 0 unspecified atom stereocenters. The van der Waals surface area contributed by atoms with E-state index >= 15 is 0 Å². The van der Waals surface area contributed by atoms with Crippen molar-refractivity contribution in [2.75, 3.05) is 5.32 Å². The summed E-state index contributed by atoms with van der Waals surface area (Å²) in [6.45, 7) is 3.48. The van der Waals surface area contributed by atoms with Crippen LogP contribution in [0.3, 0.4) is 0 Å². The number of carbonyl (C=O) groups excluding carboxylic acids is 3. The fourth-order valence-corrected chi connectivity index (χ4v) is 3.16. The lowest BCUT2D eigenvalue weighted by atomic mass is 10.0. The largest absolute Gasteiger partial charge is 0.450 e. The minimum atomic E-state index is -1.12. The lowest BCUT2D eigenvalue weighted by molar-refractivity contribution is -0.158. The van der Waals surface area contributed by atoms with Crippen LogP contribution in [0, 0.1) is 11.7 Å². The van der Waals surface area contributed by atoms with Gasteiger partial charge >= 0.3 is 5.97 Å². The highest BCUT2D eigenvalue weighted by Crippen LogP contribution is 2.20. The van der Waals surface area contributed by atoms with Crippen molar-refractivity contribution in [2.45, 2.75) is 26.0 Å². The zero-order valence-electron chi connectivity index (χ0n) is 18.3. The average molecular weight is 448 g/mol. The summed E-state index contributed by atoms with van der Waals surface area (Å²) in [6.07, 6.45) is -1.12. The van der Waals surface area contributed by atoms with E-state index in [0.717, 1.165) is 0 Å². The van der Waals surface area contributed by atoms with Gasteiger partial charge in [0, 0.05) is 11.3 Å². The first-order valence-corrected chi connectivity index (χ1v) is 10.5. The zero-order chi connectivity index (χ0) is 23.8. The van der Waals surface area contributed by atoms with Crippen LogP contribution in [0.2, 0.25) is 0 Å². The lowest BCUT2D eigenvalue weighted by Gasteiger charge is -2.24. The van der Waals surface area contributed by atoms with Gasteiger partial charge in [-0.25, -0.2) is 9.18 Å². The normalized spacial score (nSPS) is 12.5. The molecule has 33 heavy (non-hydrogen) atoms. The fraction of sp³-hybridized carbons (Fsp3) is 0.192. The molecule has 0 spiro atoms. The highest BCUT2D eigenvalue weighted by atomic mass is 19.1. The zero-order valence-corrected chi connectivity index (χ0v) is 18.3. The Balaban J connectivity index is 1.79. The van der Waals surface area contributed by atoms with Crippen molar-refractivity contribution in [1.29, 1.82) is 0 Å². The van der Waals surface area contributed by atoms with Gasteiger partial charge < -0.3 is 15.4 Å². The maximum atomic E-state index is 13.2. The number of rotatable bonds is 8. The van der Waals surface area contributed by atoms with Crippen LogP contribution in [0.4, 0.5) is 10.1 Å². The number of carbonyl (C=O) groups is 3. The first kappa shape index (κ1) is 23.7. The Hall–Kier alpha value is -4.00. The number of amides is 2. The summed E-state index contributed by atoms with van der Waals surface area (Å²) in [4.78, 5) is 38.7. The van der Waals surface area contributed by atoms with Crippen molar-refractivity contribution in [3.63, 3.8) is 0 Å². The van der Waals surface area contributed by atoms with E-state index in [-0.39, 0.29) is 5.92 Å². The smallest absolute Gasteiger partial charge is 0.334 e. The first-order valence-electron chi connectivity index (χ1n) is 10.5. The van der Waals surface area contributed by atoms with Crippen LogP contribution in [-0.2, 0) is 14.3 Å². The van der Waals surface area contributed by atoms with Crippen molar-refractivity contribution < 1.29 is 23.5 Å². The molecule has 0 aliphatic heterocycles. The van der Waals surface area contributed by atoms with Crippen LogP contribution >= 0.6 is 0 Å². The van der Waals surface area contributed by atoms with Gasteiger partial charge in [0.1, 0.15) is 5.82 Å². The maximum absolute atomic E-state index is 13.2. The van der Waals surface area contributed by atoms with E-state index in [1.807, 2.05) is 0 Å². The molecule has 0 aliphatic carbocycles. The number of benzene rings is 3. The van der Waals surface area contributed by atoms with Gasteiger partial charge in [-0.3, -0.25) is 9.59 Å². The minimum absolute atomic E-state index is 0.351. The molecule has 6 nitrogen and oxygen atoms in total. The summed E-state index contributed by atoms with van der Waals surface area (Å²) in [6, 6.07) is 21.3. The van der Waals surface area contributed by atoms with E-state index in [0.29, 0.717) is 16.8 Å². The molecule has 7 heteroatoms. The molecule has 2 N–H and O–H groups in total. The summed E-state index contributed by atoms with van der Waals surface area (Å²) >= 11 is 0. The average Bonchev–Trinajstić information content (AvgIpc) is 2.83. The number of halogens is 1. The molecule has 0 bridgehead atoms. The molecule has 170 valence electrons. The molecule has 2 atom stereocenters. The third-order valence-corrected chi connectivity index (χ3v) is 4.90. The van der Waals surface area contributed by atoms with Crippen molar-refractivity contribution >= 4 is 23.5 Å². The minimum Gasteiger partial charge on any atom is -0.450 e. The van der Waals surface area contributed by atoms with Crippen molar-refractivity contribution in [3.8, 4) is 0 Å². The number of hydrogen-bond acceptors (Lipinski definition) is 4. The molecule has 0 saturated heterocycles. The molecule has 0 radical (unpaired) electrons. The summed E-state index contributed by atoms with van der Waals surface area (Å²) in [5.74, 6) is -2.54. The van der Waals surface area contributed by atoms with Gasteiger partial charge in [-0.15, -0.1) is 0 Å². The van der Waals surface area contributed by atoms with E-state index in [1.54, 1.807) is 74.5 Å². The molecular formula is C26H25FN2O4. The summed E-state index contributed by atoms with van der Waals surface area (Å²) in [5.41, 5.74) is 1.29. The second-order valence-corrected chi connectivity index (χ2v) is 7.78. The van der Waals surface area contributed by atoms with E-state index in [4.69, 9.17) is 4.74 Å². The molecule has 0 fully saturated rings. The van der Waals surface area contributed by atoms with Gasteiger partial charge in [0.05, 0.1) is 0 Å². The SMILES string of the molecule is CC(C)[C@@H](OC(=O)[C@H](NC(=O)c1ccccc1)c1ccccc1)C(=O)Nc1ccc(F)cc1. The van der Waals surface area contributed by atoms with Crippen LogP contribution in [0.25, 0.3) is 0 Å². The molecular weight excluding hydrogens is 423 g/mol. The van der Waals surface area contributed by atoms with Gasteiger partial charge in [-0.1, -0.05) is 62.4 Å². The van der Waals surface area contributed by atoms with Gasteiger partial charge in [0.2, 0.25) is 0 Å². The second kappa shape index (κ2) is 11.0. The summed E-state index contributed by atoms with van der Waals surface area (Å²) in [7, 11) is 0. The Morgan fingerprint density at radius 2 is 1.39 bits per heavy atom. The predicted molar refractivity (Wildman–Crippen MR) is 123 cm³/mol. The molecule has 0 aromatic heterocycles. The summed E-state index contributed by atoms with van der Waals surface area (Å²) < 4.78 is 18.7. The van der Waals surface area contributed by atoms with Gasteiger partial charge in [-0.2, -0.15) is 0 Å². The predicted octanol–water partition coefficient (Wildman–Crippen LogP) is 4.50. The van der Waals surface area contributed by atoms with E-state index in [9.17, 15) is 18.8 Å². The van der Waals surface area contributed by atoms with E-state index in [1.165, 1.54) is 24.3 Å². The van der Waals surface area contributed by atoms with Crippen molar-refractivity contribution in [3.05, 3.63) is 102 Å². The Morgan fingerprint density at radius 1 is 0.818 bits per heavy atom. The Morgan fingerprint density at radius 3 is 1.97 bits per heavy atom. The molecule has 0 heterocycles. The molecule has 0 aliphatic rings. The van der Waals surface area contributed by atoms with Crippen LogP contribution in [0.1, 0.15) is 35.8 Å². The van der Waals surface area contributed by atoms with Crippen molar-refractivity contribution in [1.82, 2.24) is 5.32 Å². The Bertz CT molecular complexity index is 1090. The Kier molecular flexibility index (Phi) is 7.91. The van der Waals surface area contributed by atoms with Crippen LogP contribution < -0.4 is 10.6 Å². The summed E-state index contributed by atoms with van der Waals surface area (Å²) in [5, 5.41) is 5.33. The molecule has 3 aromatic rings. The number of hydrogen-bond donors (Lipinski definition) is 2. The van der Waals surface area contributed by atoms with Gasteiger partial charge in [-0.05, 0) is 47.9 Å². The monoisotopic (exact) mass is 448 g/mol. The number of anilines is 1. The highest BCUT2D eigenvalue weighted by Gasteiger charge is 2.32. The molecule has 2 amide bonds. The lowest BCUT2D eigenvalue weighted by Crippen LogP contribution is -2.41. The first-order chi connectivity index (χ1) is 15.8. The topological polar surface area (TPSA) is 84.5 Å². The highest BCUT2D eigenvalue weighted by molar-refractivity contribution is 5.98. The third kappa shape index (κ3) is 6.49. The molecule has 3 rings (SSSR count). The third-order valence-electron chi connectivity index (χ3n) is 4.90. The quantitative estimate of drug-likeness (QED) is 0.497.